The average molecular weight is 440 g/mol. The molecular formula is C27H29N5O. The van der Waals surface area contributed by atoms with E-state index < -0.39 is 6.04 Å². The number of anilines is 2. The van der Waals surface area contributed by atoms with Crippen LogP contribution in [0.15, 0.2) is 72.9 Å². The Hall–Kier alpha value is -3.69. The molecule has 6 heteroatoms. The molecule has 0 aliphatic carbocycles. The number of nitriles is 1. The number of benzene rings is 2. The minimum absolute atomic E-state index is 0.144. The van der Waals surface area contributed by atoms with E-state index in [2.05, 4.69) is 33.5 Å². The van der Waals surface area contributed by atoms with Gasteiger partial charge >= 0.3 is 0 Å². The lowest BCUT2D eigenvalue weighted by Crippen LogP contribution is -2.35. The Morgan fingerprint density at radius 2 is 1.76 bits per heavy atom. The Bertz CT molecular complexity index is 1080. The maximum absolute atomic E-state index is 13.2. The fourth-order valence-electron chi connectivity index (χ4n) is 4.13. The third-order valence-corrected chi connectivity index (χ3v) is 6.10. The minimum Gasteiger partial charge on any atom is -0.370 e. The van der Waals surface area contributed by atoms with E-state index in [9.17, 15) is 4.79 Å². The van der Waals surface area contributed by atoms with E-state index >= 15 is 0 Å². The standard InChI is InChI=1S/C27H29N5O/c1-20(22-11-9-21(17-28)10-12-22)18-30-26(23-7-3-2-4-8-23)27(33)31-25-14-13-24(19-29-25)32-15-5-6-16-32/h2-4,7-14,19-20,26,30H,5-6,15-16,18H2,1H3,(H,29,31,33). The zero-order valence-electron chi connectivity index (χ0n) is 18.9. The molecule has 1 saturated heterocycles. The summed E-state index contributed by atoms with van der Waals surface area (Å²) in [6.07, 6.45) is 4.26. The molecular weight excluding hydrogens is 410 g/mol. The van der Waals surface area contributed by atoms with Crippen molar-refractivity contribution in [1.29, 1.82) is 5.26 Å². The van der Waals surface area contributed by atoms with Crippen molar-refractivity contribution >= 4 is 17.4 Å². The zero-order valence-corrected chi connectivity index (χ0v) is 18.9. The molecule has 2 unspecified atom stereocenters. The van der Waals surface area contributed by atoms with Gasteiger partial charge in [0.25, 0.3) is 0 Å². The van der Waals surface area contributed by atoms with Gasteiger partial charge in [0, 0.05) is 19.6 Å². The SMILES string of the molecule is CC(CNC(C(=O)Nc1ccc(N2CCCC2)cn1)c1ccccc1)c1ccc(C#N)cc1. The van der Waals surface area contributed by atoms with Crippen molar-refractivity contribution in [3.63, 3.8) is 0 Å². The van der Waals surface area contributed by atoms with Crippen LogP contribution in [0.5, 0.6) is 0 Å². The second kappa shape index (κ2) is 10.8. The van der Waals surface area contributed by atoms with E-state index in [1.807, 2.05) is 72.9 Å². The molecule has 1 aromatic heterocycles. The van der Waals surface area contributed by atoms with Gasteiger partial charge in [0.05, 0.1) is 23.5 Å². The van der Waals surface area contributed by atoms with Crippen molar-refractivity contribution in [2.24, 2.45) is 0 Å². The van der Waals surface area contributed by atoms with Gasteiger partial charge in [-0.15, -0.1) is 0 Å². The Labute approximate surface area is 195 Å². The first kappa shape index (κ1) is 22.5. The molecule has 3 aromatic rings. The summed E-state index contributed by atoms with van der Waals surface area (Å²) in [7, 11) is 0. The Morgan fingerprint density at radius 3 is 2.39 bits per heavy atom. The minimum atomic E-state index is -0.507. The number of nitrogens with zero attached hydrogens (tertiary/aromatic N) is 3. The van der Waals surface area contributed by atoms with E-state index in [4.69, 9.17) is 5.26 Å². The lowest BCUT2D eigenvalue weighted by Gasteiger charge is -2.22. The quantitative estimate of drug-likeness (QED) is 0.535. The maximum Gasteiger partial charge on any atom is 0.247 e. The molecule has 0 bridgehead atoms. The molecule has 33 heavy (non-hydrogen) atoms. The van der Waals surface area contributed by atoms with Crippen LogP contribution in [-0.4, -0.2) is 30.5 Å². The molecule has 2 aromatic carbocycles. The van der Waals surface area contributed by atoms with E-state index in [-0.39, 0.29) is 11.8 Å². The fourth-order valence-corrected chi connectivity index (χ4v) is 4.13. The highest BCUT2D eigenvalue weighted by molar-refractivity contribution is 5.94. The monoisotopic (exact) mass is 439 g/mol. The van der Waals surface area contributed by atoms with Gasteiger partial charge in [-0.2, -0.15) is 5.26 Å². The molecule has 1 aliphatic heterocycles. The first-order valence-electron chi connectivity index (χ1n) is 11.4. The first-order chi connectivity index (χ1) is 16.1. The number of rotatable bonds is 8. The first-order valence-corrected chi connectivity index (χ1v) is 11.4. The maximum atomic E-state index is 13.2. The molecule has 1 amide bonds. The van der Waals surface area contributed by atoms with Crippen LogP contribution < -0.4 is 15.5 Å². The number of hydrogen-bond acceptors (Lipinski definition) is 5. The summed E-state index contributed by atoms with van der Waals surface area (Å²) in [5.41, 5.74) is 3.76. The van der Waals surface area contributed by atoms with Crippen molar-refractivity contribution in [3.05, 3.63) is 89.6 Å². The molecule has 2 N–H and O–H groups in total. The van der Waals surface area contributed by atoms with Crippen LogP contribution in [0.25, 0.3) is 0 Å². The third-order valence-electron chi connectivity index (χ3n) is 6.10. The van der Waals surface area contributed by atoms with Crippen LogP contribution in [0, 0.1) is 11.3 Å². The summed E-state index contributed by atoms with van der Waals surface area (Å²) in [6, 6.07) is 22.8. The van der Waals surface area contributed by atoms with Crippen molar-refractivity contribution in [1.82, 2.24) is 10.3 Å². The fraction of sp³-hybridized carbons (Fsp3) is 0.296. The van der Waals surface area contributed by atoms with Gasteiger partial charge in [0.15, 0.2) is 0 Å². The van der Waals surface area contributed by atoms with Crippen LogP contribution >= 0.6 is 0 Å². The number of pyridine rings is 1. The molecule has 4 rings (SSSR count). The summed E-state index contributed by atoms with van der Waals surface area (Å²) in [6.45, 7) is 4.84. The predicted octanol–water partition coefficient (Wildman–Crippen LogP) is 4.63. The number of carbonyl (C=O) groups is 1. The van der Waals surface area contributed by atoms with Crippen molar-refractivity contribution in [2.75, 3.05) is 29.9 Å². The molecule has 0 saturated carbocycles. The van der Waals surface area contributed by atoms with Gasteiger partial charge in [-0.05, 0) is 54.2 Å². The number of aromatic nitrogens is 1. The molecule has 6 nitrogen and oxygen atoms in total. The Morgan fingerprint density at radius 1 is 1.03 bits per heavy atom. The highest BCUT2D eigenvalue weighted by Crippen LogP contribution is 2.22. The summed E-state index contributed by atoms with van der Waals surface area (Å²) in [5, 5.41) is 15.4. The van der Waals surface area contributed by atoms with Crippen molar-refractivity contribution < 1.29 is 4.79 Å². The van der Waals surface area contributed by atoms with Gasteiger partial charge in [-0.3, -0.25) is 4.79 Å². The zero-order chi connectivity index (χ0) is 23.0. The van der Waals surface area contributed by atoms with Crippen LogP contribution in [0.3, 0.4) is 0 Å². The van der Waals surface area contributed by atoms with Crippen LogP contribution in [-0.2, 0) is 4.79 Å². The van der Waals surface area contributed by atoms with Crippen molar-refractivity contribution in [2.45, 2.75) is 31.7 Å². The summed E-state index contributed by atoms with van der Waals surface area (Å²) in [5.74, 6) is 0.579. The number of hydrogen-bond donors (Lipinski definition) is 2. The van der Waals surface area contributed by atoms with E-state index in [1.165, 1.54) is 12.8 Å². The third kappa shape index (κ3) is 5.76. The van der Waals surface area contributed by atoms with Crippen LogP contribution in [0.2, 0.25) is 0 Å². The van der Waals surface area contributed by atoms with Gasteiger partial charge in [0.2, 0.25) is 5.91 Å². The summed E-state index contributed by atoms with van der Waals surface area (Å²) in [4.78, 5) is 20.0. The van der Waals surface area contributed by atoms with Crippen LogP contribution in [0.4, 0.5) is 11.5 Å². The molecule has 1 fully saturated rings. The average Bonchev–Trinajstić information content (AvgIpc) is 3.40. The van der Waals surface area contributed by atoms with Gasteiger partial charge in [-0.1, -0.05) is 49.4 Å². The number of amides is 1. The van der Waals surface area contributed by atoms with E-state index in [0.29, 0.717) is 17.9 Å². The smallest absolute Gasteiger partial charge is 0.247 e. The van der Waals surface area contributed by atoms with Gasteiger partial charge in [0.1, 0.15) is 11.9 Å². The highest BCUT2D eigenvalue weighted by Gasteiger charge is 2.22. The molecule has 0 radical (unpaired) electrons. The lowest BCUT2D eigenvalue weighted by molar-refractivity contribution is -0.118. The molecule has 2 heterocycles. The Kier molecular flexibility index (Phi) is 7.33. The summed E-state index contributed by atoms with van der Waals surface area (Å²) >= 11 is 0. The molecule has 2 atom stereocenters. The molecule has 0 spiro atoms. The second-order valence-electron chi connectivity index (χ2n) is 8.47. The lowest BCUT2D eigenvalue weighted by atomic mass is 9.98. The largest absolute Gasteiger partial charge is 0.370 e. The van der Waals surface area contributed by atoms with Crippen LogP contribution in [0.1, 0.15) is 48.4 Å². The normalized spacial score (nSPS) is 15.0. The number of nitrogens with one attached hydrogen (secondary N) is 2. The second-order valence-corrected chi connectivity index (χ2v) is 8.47. The van der Waals surface area contributed by atoms with E-state index in [0.717, 1.165) is 29.9 Å². The summed E-state index contributed by atoms with van der Waals surface area (Å²) < 4.78 is 0. The predicted molar refractivity (Wildman–Crippen MR) is 131 cm³/mol. The van der Waals surface area contributed by atoms with Gasteiger partial charge in [-0.25, -0.2) is 4.98 Å². The van der Waals surface area contributed by atoms with Gasteiger partial charge < -0.3 is 15.5 Å². The molecule has 1 aliphatic rings. The highest BCUT2D eigenvalue weighted by atomic mass is 16.2. The Balaban J connectivity index is 1.43. The topological polar surface area (TPSA) is 81.1 Å². The van der Waals surface area contributed by atoms with Crippen molar-refractivity contribution in [3.8, 4) is 6.07 Å². The number of carbonyl (C=O) groups excluding carboxylic acids is 1. The molecule has 168 valence electrons. The van der Waals surface area contributed by atoms with E-state index in [1.54, 1.807) is 0 Å².